The van der Waals surface area contributed by atoms with Crippen molar-refractivity contribution in [3.05, 3.63) is 52.4 Å². The minimum absolute atomic E-state index is 0.170. The van der Waals surface area contributed by atoms with Crippen LogP contribution in [0.1, 0.15) is 32.3 Å². The molecule has 2 aliphatic heterocycles. The van der Waals surface area contributed by atoms with Crippen LogP contribution in [0.4, 0.5) is 0 Å². The molecule has 0 saturated heterocycles. The predicted molar refractivity (Wildman–Crippen MR) is 90.8 cm³/mol. The number of para-hydroxylation sites is 1. The van der Waals surface area contributed by atoms with E-state index < -0.39 is 17.9 Å². The molecule has 132 valence electrons. The lowest BCUT2D eigenvalue weighted by atomic mass is 9.80. The Morgan fingerprint density at radius 3 is 2.72 bits per heavy atom. The van der Waals surface area contributed by atoms with Crippen molar-refractivity contribution in [2.24, 2.45) is 0 Å². The molecule has 1 N–H and O–H groups in total. The van der Waals surface area contributed by atoms with Crippen molar-refractivity contribution in [3.8, 4) is 5.75 Å². The molecule has 2 heterocycles. The Bertz CT molecular complexity index is 791. The maximum Gasteiger partial charge on any atom is 0.337 e. The highest BCUT2D eigenvalue weighted by molar-refractivity contribution is 6.01. The zero-order valence-corrected chi connectivity index (χ0v) is 14.7. The number of methoxy groups -OCH3 is 1. The molecule has 0 aromatic heterocycles. The van der Waals surface area contributed by atoms with Gasteiger partial charge in [0.15, 0.2) is 0 Å². The van der Waals surface area contributed by atoms with E-state index in [-0.39, 0.29) is 12.7 Å². The summed E-state index contributed by atoms with van der Waals surface area (Å²) in [6.45, 7) is 5.54. The Hall–Kier alpha value is -2.76. The molecule has 3 rings (SSSR count). The largest absolute Gasteiger partial charge is 0.496 e. The normalized spacial score (nSPS) is 19.6. The molecule has 0 bridgehead atoms. The summed E-state index contributed by atoms with van der Waals surface area (Å²) < 4.78 is 16.1. The van der Waals surface area contributed by atoms with Gasteiger partial charge >= 0.3 is 11.9 Å². The molecule has 25 heavy (non-hydrogen) atoms. The van der Waals surface area contributed by atoms with Gasteiger partial charge in [0.05, 0.1) is 36.0 Å². The standard InChI is InChI=1S/C19H21NO5/c1-10(2)25-19(22)15-11(3)20-13-9-24-18(21)17(13)16(15)12-7-5-6-8-14(12)23-4/h5-8,10,16,20H,9H2,1-4H3. The molecule has 1 atom stereocenters. The van der Waals surface area contributed by atoms with Gasteiger partial charge < -0.3 is 19.5 Å². The van der Waals surface area contributed by atoms with E-state index in [4.69, 9.17) is 14.2 Å². The van der Waals surface area contributed by atoms with Gasteiger partial charge in [0.2, 0.25) is 0 Å². The summed E-state index contributed by atoms with van der Waals surface area (Å²) in [6, 6.07) is 7.34. The maximum atomic E-state index is 12.8. The van der Waals surface area contributed by atoms with Gasteiger partial charge in [0, 0.05) is 11.3 Å². The van der Waals surface area contributed by atoms with Crippen molar-refractivity contribution >= 4 is 11.9 Å². The van der Waals surface area contributed by atoms with Gasteiger partial charge in [-0.05, 0) is 26.8 Å². The lowest BCUT2D eigenvalue weighted by molar-refractivity contribution is -0.143. The number of carbonyl (C=O) groups is 2. The van der Waals surface area contributed by atoms with Crippen molar-refractivity contribution < 1.29 is 23.8 Å². The second-order valence-corrected chi connectivity index (χ2v) is 6.26. The molecule has 1 aromatic rings. The van der Waals surface area contributed by atoms with E-state index in [0.717, 1.165) is 5.56 Å². The number of cyclic esters (lactones) is 1. The third kappa shape index (κ3) is 2.99. The van der Waals surface area contributed by atoms with Crippen LogP contribution >= 0.6 is 0 Å². The Kier molecular flexibility index (Phi) is 4.53. The van der Waals surface area contributed by atoms with Gasteiger partial charge in [0.25, 0.3) is 0 Å². The summed E-state index contributed by atoms with van der Waals surface area (Å²) >= 11 is 0. The highest BCUT2D eigenvalue weighted by Gasteiger charge is 2.43. The van der Waals surface area contributed by atoms with Crippen molar-refractivity contribution in [3.63, 3.8) is 0 Å². The lowest BCUT2D eigenvalue weighted by Gasteiger charge is -2.29. The Labute approximate surface area is 146 Å². The van der Waals surface area contributed by atoms with Gasteiger partial charge in [-0.25, -0.2) is 9.59 Å². The van der Waals surface area contributed by atoms with Crippen LogP contribution in [0.25, 0.3) is 0 Å². The minimum Gasteiger partial charge on any atom is -0.496 e. The number of ether oxygens (including phenoxy) is 3. The highest BCUT2D eigenvalue weighted by atomic mass is 16.5. The molecule has 1 aromatic carbocycles. The van der Waals surface area contributed by atoms with E-state index in [2.05, 4.69) is 5.32 Å². The number of carbonyl (C=O) groups excluding carboxylic acids is 2. The van der Waals surface area contributed by atoms with E-state index in [0.29, 0.717) is 28.3 Å². The summed E-state index contributed by atoms with van der Waals surface area (Å²) in [5.74, 6) is -0.875. The number of rotatable bonds is 4. The van der Waals surface area contributed by atoms with Gasteiger partial charge in [-0.15, -0.1) is 0 Å². The molecule has 0 saturated carbocycles. The molecule has 0 fully saturated rings. The number of dihydropyridines is 1. The minimum atomic E-state index is -0.589. The Morgan fingerprint density at radius 2 is 2.04 bits per heavy atom. The molecule has 2 aliphatic rings. The summed E-state index contributed by atoms with van der Waals surface area (Å²) in [7, 11) is 1.56. The summed E-state index contributed by atoms with van der Waals surface area (Å²) in [5.41, 5.74) is 2.90. The summed E-state index contributed by atoms with van der Waals surface area (Å²) in [6.07, 6.45) is -0.267. The first kappa shape index (κ1) is 17.1. The van der Waals surface area contributed by atoms with E-state index >= 15 is 0 Å². The van der Waals surface area contributed by atoms with Crippen LogP contribution in [-0.2, 0) is 19.1 Å². The first-order chi connectivity index (χ1) is 11.9. The van der Waals surface area contributed by atoms with Gasteiger partial charge in [-0.2, -0.15) is 0 Å². The summed E-state index contributed by atoms with van der Waals surface area (Å²) in [5, 5.41) is 3.12. The zero-order valence-electron chi connectivity index (χ0n) is 14.7. The van der Waals surface area contributed by atoms with Crippen molar-refractivity contribution in [1.29, 1.82) is 0 Å². The fourth-order valence-corrected chi connectivity index (χ4v) is 3.23. The lowest BCUT2D eigenvalue weighted by Crippen LogP contribution is -2.31. The smallest absolute Gasteiger partial charge is 0.337 e. The zero-order chi connectivity index (χ0) is 18.1. The van der Waals surface area contributed by atoms with Gasteiger partial charge in [0.1, 0.15) is 12.4 Å². The molecule has 6 nitrogen and oxygen atoms in total. The SMILES string of the molecule is COc1ccccc1C1C(C(=O)OC(C)C)=C(C)NC2=C1C(=O)OC2. The van der Waals surface area contributed by atoms with Gasteiger partial charge in [-0.1, -0.05) is 18.2 Å². The van der Waals surface area contributed by atoms with E-state index in [1.807, 2.05) is 18.2 Å². The first-order valence-electron chi connectivity index (χ1n) is 8.15. The average Bonchev–Trinajstić information content (AvgIpc) is 2.93. The monoisotopic (exact) mass is 343 g/mol. The molecule has 0 aliphatic carbocycles. The van der Waals surface area contributed by atoms with Crippen molar-refractivity contribution in [2.45, 2.75) is 32.8 Å². The molecular formula is C19H21NO5. The molecule has 0 amide bonds. The second-order valence-electron chi connectivity index (χ2n) is 6.26. The number of hydrogen-bond donors (Lipinski definition) is 1. The fourth-order valence-electron chi connectivity index (χ4n) is 3.23. The molecule has 1 unspecified atom stereocenters. The Balaban J connectivity index is 2.17. The number of nitrogens with one attached hydrogen (secondary N) is 1. The quantitative estimate of drug-likeness (QED) is 0.847. The number of esters is 2. The fraction of sp³-hybridized carbons (Fsp3) is 0.368. The van der Waals surface area contributed by atoms with E-state index in [9.17, 15) is 9.59 Å². The molecule has 0 radical (unpaired) electrons. The van der Waals surface area contributed by atoms with E-state index in [1.54, 1.807) is 33.9 Å². The molecule has 6 heteroatoms. The van der Waals surface area contributed by atoms with Crippen LogP contribution < -0.4 is 10.1 Å². The number of hydrogen-bond acceptors (Lipinski definition) is 6. The topological polar surface area (TPSA) is 73.9 Å². The van der Waals surface area contributed by atoms with Crippen LogP contribution in [0, 0.1) is 0 Å². The van der Waals surface area contributed by atoms with Crippen LogP contribution in [-0.4, -0.2) is 31.8 Å². The van der Waals surface area contributed by atoms with Crippen molar-refractivity contribution in [2.75, 3.05) is 13.7 Å². The second kappa shape index (κ2) is 6.63. The Morgan fingerprint density at radius 1 is 1.32 bits per heavy atom. The third-order valence-corrected chi connectivity index (χ3v) is 4.22. The van der Waals surface area contributed by atoms with E-state index in [1.165, 1.54) is 0 Å². The van der Waals surface area contributed by atoms with Crippen LogP contribution in [0.15, 0.2) is 46.8 Å². The predicted octanol–water partition coefficient (Wildman–Crippen LogP) is 2.42. The molecule has 0 spiro atoms. The highest BCUT2D eigenvalue weighted by Crippen LogP contribution is 2.44. The number of benzene rings is 1. The summed E-state index contributed by atoms with van der Waals surface area (Å²) in [4.78, 5) is 25.1. The van der Waals surface area contributed by atoms with Crippen LogP contribution in [0.2, 0.25) is 0 Å². The van der Waals surface area contributed by atoms with Gasteiger partial charge in [-0.3, -0.25) is 0 Å². The average molecular weight is 343 g/mol. The third-order valence-electron chi connectivity index (χ3n) is 4.22. The molecular weight excluding hydrogens is 322 g/mol. The van der Waals surface area contributed by atoms with Crippen LogP contribution in [0.3, 0.4) is 0 Å². The maximum absolute atomic E-state index is 12.8. The van der Waals surface area contributed by atoms with Crippen LogP contribution in [0.5, 0.6) is 5.75 Å². The van der Waals surface area contributed by atoms with Crippen molar-refractivity contribution in [1.82, 2.24) is 5.32 Å². The number of allylic oxidation sites excluding steroid dienone is 1. The first-order valence-corrected chi connectivity index (χ1v) is 8.15.